The molecule has 3 aromatic rings. The van der Waals surface area contributed by atoms with E-state index in [1.54, 1.807) is 6.92 Å². The van der Waals surface area contributed by atoms with Crippen molar-refractivity contribution in [3.63, 3.8) is 0 Å². The summed E-state index contributed by atoms with van der Waals surface area (Å²) in [5.74, 6) is 0.728. The molecule has 0 aliphatic rings. The minimum atomic E-state index is -0.0981. The summed E-state index contributed by atoms with van der Waals surface area (Å²) in [6.07, 6.45) is 12.8. The third kappa shape index (κ3) is 9.15. The molecular formula is C38H52O2. The highest BCUT2D eigenvalue weighted by Crippen LogP contribution is 2.31. The first kappa shape index (κ1) is 32.9. The van der Waals surface area contributed by atoms with E-state index in [0.717, 1.165) is 37.7 Å². The van der Waals surface area contributed by atoms with E-state index in [1.807, 2.05) is 30.4 Å². The maximum atomic E-state index is 13.6. The van der Waals surface area contributed by atoms with Gasteiger partial charge in [0.25, 0.3) is 0 Å². The predicted molar refractivity (Wildman–Crippen MR) is 174 cm³/mol. The van der Waals surface area contributed by atoms with E-state index in [9.17, 15) is 9.59 Å². The number of carbonyl (C=O) groups is 2. The van der Waals surface area contributed by atoms with E-state index < -0.39 is 0 Å². The summed E-state index contributed by atoms with van der Waals surface area (Å²) in [4.78, 5) is 26.1. The number of Topliss-reactive ketones (excluding diaryl/α,β-unsaturated/α-hetero) is 2. The third-order valence-electron chi connectivity index (χ3n) is 8.11. The fraction of sp³-hybridized carbons (Fsp3) is 0.421. The van der Waals surface area contributed by atoms with Crippen LogP contribution in [-0.2, 0) is 0 Å². The topological polar surface area (TPSA) is 34.1 Å². The standard InChI is InChI=1S/C37H46O2.CH4.H2/c1-5-7-19-33-25-18-27-35(36(33)29(4)38)37(39)28(3)30(6-2)20-12-8-9-17-26-34(31-21-13-10-14-22-31)32-23-15-11-16-24-32;;/h7,10-11,13-16,18-19,21-25,27-28,30,34H,5-6,8-9,12,17,20,26H2,1-4H3;1H4;1H/b19-7-;;. The first-order chi connectivity index (χ1) is 19.0. The third-order valence-corrected chi connectivity index (χ3v) is 8.11. The lowest BCUT2D eigenvalue weighted by molar-refractivity contribution is 0.0869. The van der Waals surface area contributed by atoms with Gasteiger partial charge in [0.05, 0.1) is 0 Å². The first-order valence-corrected chi connectivity index (χ1v) is 14.9. The van der Waals surface area contributed by atoms with Gasteiger partial charge in [-0.25, -0.2) is 0 Å². The summed E-state index contributed by atoms with van der Waals surface area (Å²) < 4.78 is 0. The number of benzene rings is 3. The number of ketones is 2. The Kier molecular flexibility index (Phi) is 14.4. The smallest absolute Gasteiger partial charge is 0.166 e. The average molecular weight is 541 g/mol. The molecule has 40 heavy (non-hydrogen) atoms. The Morgan fingerprint density at radius 2 is 1.35 bits per heavy atom. The summed E-state index contributed by atoms with van der Waals surface area (Å²) in [7, 11) is 0. The van der Waals surface area contributed by atoms with Crippen molar-refractivity contribution in [2.75, 3.05) is 0 Å². The van der Waals surface area contributed by atoms with E-state index in [4.69, 9.17) is 0 Å². The molecule has 3 rings (SSSR count). The molecule has 2 atom stereocenters. The van der Waals surface area contributed by atoms with Crippen LogP contribution in [0.2, 0.25) is 0 Å². The highest BCUT2D eigenvalue weighted by Gasteiger charge is 2.27. The van der Waals surface area contributed by atoms with Gasteiger partial charge in [-0.1, -0.05) is 151 Å². The molecule has 0 aliphatic heterocycles. The molecule has 0 saturated heterocycles. The lowest BCUT2D eigenvalue weighted by Gasteiger charge is -2.23. The molecule has 0 N–H and O–H groups in total. The molecule has 2 nitrogen and oxygen atoms in total. The van der Waals surface area contributed by atoms with Gasteiger partial charge >= 0.3 is 0 Å². The Balaban J connectivity index is 0.00000420. The highest BCUT2D eigenvalue weighted by molar-refractivity contribution is 6.10. The lowest BCUT2D eigenvalue weighted by atomic mass is 9.80. The summed E-state index contributed by atoms with van der Waals surface area (Å²) in [6, 6.07) is 27.4. The maximum absolute atomic E-state index is 13.6. The number of rotatable bonds is 16. The van der Waals surface area contributed by atoms with Gasteiger partial charge in [-0.3, -0.25) is 9.59 Å². The van der Waals surface area contributed by atoms with Crippen LogP contribution in [0.3, 0.4) is 0 Å². The molecule has 0 saturated carbocycles. The van der Waals surface area contributed by atoms with Crippen molar-refractivity contribution < 1.29 is 11.0 Å². The second-order valence-electron chi connectivity index (χ2n) is 10.8. The first-order valence-electron chi connectivity index (χ1n) is 14.9. The zero-order valence-electron chi connectivity index (χ0n) is 24.4. The molecule has 2 heteroatoms. The van der Waals surface area contributed by atoms with Crippen LogP contribution in [-0.4, -0.2) is 11.6 Å². The summed E-state index contributed by atoms with van der Waals surface area (Å²) >= 11 is 0. The van der Waals surface area contributed by atoms with Crippen molar-refractivity contribution in [3.8, 4) is 0 Å². The number of allylic oxidation sites excluding steroid dienone is 1. The number of hydrogen-bond acceptors (Lipinski definition) is 2. The molecule has 0 amide bonds. The maximum Gasteiger partial charge on any atom is 0.166 e. The average Bonchev–Trinajstić information content (AvgIpc) is 2.97. The van der Waals surface area contributed by atoms with Crippen molar-refractivity contribution in [2.45, 2.75) is 92.4 Å². The minimum Gasteiger partial charge on any atom is -0.294 e. The molecule has 0 fully saturated rings. The van der Waals surface area contributed by atoms with Crippen LogP contribution in [0.5, 0.6) is 0 Å². The zero-order chi connectivity index (χ0) is 28.0. The Morgan fingerprint density at radius 1 is 0.775 bits per heavy atom. The Labute approximate surface area is 245 Å². The van der Waals surface area contributed by atoms with Gasteiger partial charge in [-0.2, -0.15) is 0 Å². The molecule has 0 aliphatic carbocycles. The van der Waals surface area contributed by atoms with Gasteiger partial charge in [0.2, 0.25) is 0 Å². The fourth-order valence-corrected chi connectivity index (χ4v) is 5.82. The summed E-state index contributed by atoms with van der Waals surface area (Å²) in [5.41, 5.74) is 4.78. The molecule has 0 spiro atoms. The molecule has 0 bridgehead atoms. The van der Waals surface area contributed by atoms with Crippen molar-refractivity contribution in [1.82, 2.24) is 0 Å². The minimum absolute atomic E-state index is 0. The van der Waals surface area contributed by atoms with Gasteiger partial charge in [-0.05, 0) is 48.8 Å². The van der Waals surface area contributed by atoms with Crippen LogP contribution in [0.4, 0.5) is 0 Å². The largest absolute Gasteiger partial charge is 0.294 e. The monoisotopic (exact) mass is 540 g/mol. The van der Waals surface area contributed by atoms with Crippen LogP contribution >= 0.6 is 0 Å². The normalized spacial score (nSPS) is 12.7. The van der Waals surface area contributed by atoms with Crippen LogP contribution in [0.25, 0.3) is 6.08 Å². The lowest BCUT2D eigenvalue weighted by Crippen LogP contribution is -2.23. The number of hydrogen-bond donors (Lipinski definition) is 0. The van der Waals surface area contributed by atoms with E-state index in [1.165, 1.54) is 30.4 Å². The fourth-order valence-electron chi connectivity index (χ4n) is 5.82. The Hall–Kier alpha value is -3.26. The molecule has 2 unspecified atom stereocenters. The van der Waals surface area contributed by atoms with Gasteiger partial charge in [0.1, 0.15) is 0 Å². The summed E-state index contributed by atoms with van der Waals surface area (Å²) in [5, 5.41) is 0. The van der Waals surface area contributed by atoms with E-state index in [0.29, 0.717) is 23.0 Å². The van der Waals surface area contributed by atoms with Crippen molar-refractivity contribution >= 4 is 17.6 Å². The van der Waals surface area contributed by atoms with Gasteiger partial charge < -0.3 is 0 Å². The Morgan fingerprint density at radius 3 is 1.88 bits per heavy atom. The molecule has 0 aromatic heterocycles. The van der Waals surface area contributed by atoms with Gasteiger partial charge in [0, 0.05) is 24.4 Å². The SMILES string of the molecule is C.CC/C=C\c1cccc(C(=O)C(C)C(CC)CCCCCCC(c2ccccc2)c2ccccc2)c1C(C)=O.[HH]. The molecule has 0 heterocycles. The van der Waals surface area contributed by atoms with Crippen molar-refractivity contribution in [1.29, 1.82) is 0 Å². The number of unbranched alkanes of at least 4 members (excludes halogenated alkanes) is 3. The van der Waals surface area contributed by atoms with Crippen LogP contribution in [0, 0.1) is 11.8 Å². The second-order valence-corrected chi connectivity index (χ2v) is 10.8. The van der Waals surface area contributed by atoms with Gasteiger partial charge in [0.15, 0.2) is 11.6 Å². The summed E-state index contributed by atoms with van der Waals surface area (Å²) in [6.45, 7) is 7.87. The highest BCUT2D eigenvalue weighted by atomic mass is 16.1. The molecule has 0 radical (unpaired) electrons. The molecule has 216 valence electrons. The quantitative estimate of drug-likeness (QED) is 0.134. The second kappa shape index (κ2) is 17.4. The van der Waals surface area contributed by atoms with E-state index in [2.05, 4.69) is 81.4 Å². The van der Waals surface area contributed by atoms with Crippen molar-refractivity contribution in [3.05, 3.63) is 113 Å². The van der Waals surface area contributed by atoms with Gasteiger partial charge in [-0.15, -0.1) is 0 Å². The Bertz CT molecular complexity index is 1160. The van der Waals surface area contributed by atoms with Crippen molar-refractivity contribution in [2.24, 2.45) is 11.8 Å². The van der Waals surface area contributed by atoms with Crippen LogP contribution < -0.4 is 0 Å². The van der Waals surface area contributed by atoms with E-state index >= 15 is 0 Å². The number of carbonyl (C=O) groups excluding carboxylic acids is 2. The van der Waals surface area contributed by atoms with Crippen LogP contribution in [0.15, 0.2) is 84.9 Å². The van der Waals surface area contributed by atoms with E-state index in [-0.39, 0.29) is 26.3 Å². The molecular weight excluding hydrogens is 488 g/mol. The van der Waals surface area contributed by atoms with Crippen LogP contribution in [0.1, 0.15) is 131 Å². The predicted octanol–water partition coefficient (Wildman–Crippen LogP) is 11.2. The molecule has 3 aromatic carbocycles. The zero-order valence-corrected chi connectivity index (χ0v) is 24.4.